The van der Waals surface area contributed by atoms with Crippen LogP contribution in [0.15, 0.2) is 58.8 Å². The second kappa shape index (κ2) is 9.85. The van der Waals surface area contributed by atoms with Gasteiger partial charge >= 0.3 is 0 Å². The fourth-order valence-electron chi connectivity index (χ4n) is 4.73. The molecular formula is C29H30IrNO3-. The molecule has 2 aromatic carbocycles. The number of rotatable bonds is 3. The first-order chi connectivity index (χ1) is 15.6. The van der Waals surface area contributed by atoms with Crippen molar-refractivity contribution in [3.05, 3.63) is 77.2 Å². The van der Waals surface area contributed by atoms with Crippen molar-refractivity contribution in [2.24, 2.45) is 5.92 Å². The number of aliphatic hydroxyl groups excluding tert-OH is 1. The minimum atomic E-state index is -0.143. The maximum absolute atomic E-state index is 10.0. The van der Waals surface area contributed by atoms with Gasteiger partial charge in [-0.3, -0.25) is 4.79 Å². The van der Waals surface area contributed by atoms with Crippen LogP contribution in [-0.4, -0.2) is 15.9 Å². The fourth-order valence-corrected chi connectivity index (χ4v) is 4.73. The number of ketones is 1. The van der Waals surface area contributed by atoms with Crippen LogP contribution in [0.4, 0.5) is 0 Å². The number of allylic oxidation sites excluding steroid dienone is 2. The minimum Gasteiger partial charge on any atom is -0.512 e. The first kappa shape index (κ1) is 25.9. The summed E-state index contributed by atoms with van der Waals surface area (Å²) in [5.41, 5.74) is 7.75. The van der Waals surface area contributed by atoms with Crippen molar-refractivity contribution in [1.29, 1.82) is 0 Å². The molecule has 0 spiro atoms. The number of benzene rings is 2. The molecule has 1 aliphatic rings. The quantitative estimate of drug-likeness (QED) is 0.146. The van der Waals surface area contributed by atoms with E-state index in [9.17, 15) is 4.79 Å². The predicted octanol–water partition coefficient (Wildman–Crippen LogP) is 7.32. The molecule has 0 bridgehead atoms. The second-order valence-electron chi connectivity index (χ2n) is 9.73. The molecule has 2 heterocycles. The molecule has 0 saturated carbocycles. The third-order valence-electron chi connectivity index (χ3n) is 6.05. The van der Waals surface area contributed by atoms with E-state index in [2.05, 4.69) is 64.1 Å². The van der Waals surface area contributed by atoms with Crippen LogP contribution in [0.2, 0.25) is 0 Å². The van der Waals surface area contributed by atoms with Crippen LogP contribution in [0, 0.1) is 12.0 Å². The van der Waals surface area contributed by atoms with E-state index in [1.54, 1.807) is 0 Å². The van der Waals surface area contributed by atoms with E-state index in [0.717, 1.165) is 34.2 Å². The Kier molecular flexibility index (Phi) is 7.50. The summed E-state index contributed by atoms with van der Waals surface area (Å²) in [6.07, 6.45) is 4.08. The number of hydrogen-bond donors (Lipinski definition) is 1. The molecule has 0 saturated heterocycles. The summed E-state index contributed by atoms with van der Waals surface area (Å²) >= 11 is 0. The molecule has 1 radical (unpaired) electrons. The minimum absolute atomic E-state index is 0. The molecule has 1 aliphatic carbocycles. The average Bonchev–Trinajstić information content (AvgIpc) is 3.08. The number of carbonyl (C=O) groups is 1. The van der Waals surface area contributed by atoms with Gasteiger partial charge in [-0.25, -0.2) is 0 Å². The number of nitrogens with zero attached hydrogens (tertiary/aromatic N) is 1. The maximum Gasteiger partial charge on any atom is 0.155 e. The van der Waals surface area contributed by atoms with Crippen LogP contribution in [0.1, 0.15) is 58.2 Å². The van der Waals surface area contributed by atoms with Crippen LogP contribution in [-0.2, 0) is 36.7 Å². The number of aliphatic hydroxyl groups is 1. The Morgan fingerprint density at radius 2 is 1.85 bits per heavy atom. The van der Waals surface area contributed by atoms with Crippen molar-refractivity contribution in [1.82, 2.24) is 4.98 Å². The Balaban J connectivity index is 0.000000357. The summed E-state index contributed by atoms with van der Waals surface area (Å²) < 4.78 is 6.14. The number of aromatic nitrogens is 1. The molecule has 0 aliphatic heterocycles. The molecular weight excluding hydrogens is 603 g/mol. The zero-order valence-corrected chi connectivity index (χ0v) is 22.8. The van der Waals surface area contributed by atoms with Gasteiger partial charge in [-0.1, -0.05) is 52.2 Å². The van der Waals surface area contributed by atoms with Gasteiger partial charge in [0.2, 0.25) is 0 Å². The Morgan fingerprint density at radius 3 is 2.47 bits per heavy atom. The van der Waals surface area contributed by atoms with Gasteiger partial charge in [0.25, 0.3) is 0 Å². The molecule has 0 amide bonds. The van der Waals surface area contributed by atoms with Gasteiger partial charge in [-0.15, -0.1) is 34.9 Å². The largest absolute Gasteiger partial charge is 0.512 e. The summed E-state index contributed by atoms with van der Waals surface area (Å²) in [7, 11) is 0. The smallest absolute Gasteiger partial charge is 0.155 e. The maximum atomic E-state index is 10.0. The molecule has 2 aromatic heterocycles. The summed E-state index contributed by atoms with van der Waals surface area (Å²) in [6, 6.07) is 16.4. The average molecular weight is 633 g/mol. The van der Waals surface area contributed by atoms with E-state index in [1.165, 1.54) is 42.0 Å². The van der Waals surface area contributed by atoms with Crippen LogP contribution in [0.5, 0.6) is 0 Å². The molecule has 0 atom stereocenters. The van der Waals surface area contributed by atoms with Gasteiger partial charge in [-0.05, 0) is 42.7 Å². The summed E-state index contributed by atoms with van der Waals surface area (Å²) in [6.45, 7) is 12.0. The second-order valence-corrected chi connectivity index (χ2v) is 9.73. The summed E-state index contributed by atoms with van der Waals surface area (Å²) in [5, 5.41) is 10.7. The molecule has 5 heteroatoms. The van der Waals surface area contributed by atoms with Crippen molar-refractivity contribution >= 4 is 27.7 Å². The van der Waals surface area contributed by atoms with E-state index in [0.29, 0.717) is 5.92 Å². The van der Waals surface area contributed by atoms with Crippen LogP contribution < -0.4 is 0 Å². The summed E-state index contributed by atoms with van der Waals surface area (Å²) in [4.78, 5) is 14.8. The molecule has 0 fully saturated rings. The van der Waals surface area contributed by atoms with Gasteiger partial charge in [0, 0.05) is 43.2 Å². The van der Waals surface area contributed by atoms with Gasteiger partial charge < -0.3 is 14.5 Å². The van der Waals surface area contributed by atoms with Gasteiger partial charge in [0.05, 0.1) is 5.76 Å². The van der Waals surface area contributed by atoms with Gasteiger partial charge in [0.15, 0.2) is 5.78 Å². The SMILES string of the molecule is CC(=O)/C=C(/C)O.CC(C)Cc1c[c-]c2c(c1)C(C)(C)c1cccc3oc4ccnc-2c4c13.[Ir]. The standard InChI is InChI=1S/C24H22NO.C5H8O2.Ir/c1-14(2)12-15-8-9-16-18(13-15)24(3,4)17-6-5-7-19-21(17)22-20(26-19)10-11-25-23(16)22;1-4(6)3-5(2)7;/h5-8,10-11,13-14H,12H2,1-4H3;3,6H,1-2H3;/q-1;;/b;4-3-;. The monoisotopic (exact) mass is 633 g/mol. The van der Waals surface area contributed by atoms with Gasteiger partial charge in [0.1, 0.15) is 11.2 Å². The first-order valence-corrected chi connectivity index (χ1v) is 11.3. The zero-order valence-electron chi connectivity index (χ0n) is 20.4. The Labute approximate surface area is 214 Å². The molecule has 179 valence electrons. The van der Waals surface area contributed by atoms with Crippen molar-refractivity contribution in [2.45, 2.75) is 53.4 Å². The normalized spacial score (nSPS) is 13.8. The van der Waals surface area contributed by atoms with Crippen molar-refractivity contribution in [2.75, 3.05) is 0 Å². The van der Waals surface area contributed by atoms with E-state index >= 15 is 0 Å². The molecule has 34 heavy (non-hydrogen) atoms. The van der Waals surface area contributed by atoms with E-state index in [-0.39, 0.29) is 37.1 Å². The molecule has 5 rings (SSSR count). The van der Waals surface area contributed by atoms with E-state index in [4.69, 9.17) is 14.5 Å². The predicted molar refractivity (Wildman–Crippen MR) is 134 cm³/mol. The van der Waals surface area contributed by atoms with Crippen LogP contribution >= 0.6 is 0 Å². The van der Waals surface area contributed by atoms with Crippen molar-refractivity contribution in [3.8, 4) is 11.3 Å². The first-order valence-electron chi connectivity index (χ1n) is 11.3. The number of furan rings is 1. The molecule has 0 unspecified atom stereocenters. The number of hydrogen-bond acceptors (Lipinski definition) is 4. The Bertz CT molecular complexity index is 1390. The van der Waals surface area contributed by atoms with Crippen LogP contribution in [0.25, 0.3) is 33.2 Å². The Hall–Kier alpha value is -2.75. The Morgan fingerprint density at radius 1 is 1.15 bits per heavy atom. The number of carbonyl (C=O) groups excluding carboxylic acids is 1. The third-order valence-corrected chi connectivity index (χ3v) is 6.05. The third kappa shape index (κ3) is 4.73. The molecule has 4 nitrogen and oxygen atoms in total. The fraction of sp³-hybridized carbons (Fsp3) is 0.310. The number of fused-ring (bicyclic) bond motifs is 2. The van der Waals surface area contributed by atoms with Gasteiger partial charge in [-0.2, -0.15) is 0 Å². The topological polar surface area (TPSA) is 63.3 Å². The zero-order chi connectivity index (χ0) is 23.9. The van der Waals surface area contributed by atoms with Crippen molar-refractivity contribution in [3.63, 3.8) is 0 Å². The number of pyridine rings is 1. The van der Waals surface area contributed by atoms with E-state index in [1.807, 2.05) is 12.3 Å². The summed E-state index contributed by atoms with van der Waals surface area (Å²) in [5.74, 6) is 0.561. The molecule has 1 N–H and O–H groups in total. The van der Waals surface area contributed by atoms with E-state index < -0.39 is 0 Å². The van der Waals surface area contributed by atoms with Crippen LogP contribution in [0.3, 0.4) is 0 Å². The molecule has 4 aromatic rings. The van der Waals surface area contributed by atoms with Crippen molar-refractivity contribution < 1.29 is 34.4 Å².